The first-order valence-electron chi connectivity index (χ1n) is 7.94. The molecule has 1 aliphatic rings. The van der Waals surface area contributed by atoms with Crippen molar-refractivity contribution in [1.29, 1.82) is 0 Å². The van der Waals surface area contributed by atoms with E-state index in [1.807, 2.05) is 0 Å². The third-order valence-electron chi connectivity index (χ3n) is 4.49. The molecule has 0 bridgehead atoms. The maximum absolute atomic E-state index is 14.2. The van der Waals surface area contributed by atoms with Gasteiger partial charge in [-0.3, -0.25) is 14.2 Å². The Labute approximate surface area is 139 Å². The minimum atomic E-state index is -0.425. The number of hydrogen-bond donors (Lipinski definition) is 2. The summed E-state index contributed by atoms with van der Waals surface area (Å²) < 4.78 is 15.6. The van der Waals surface area contributed by atoms with E-state index >= 15 is 0 Å². The molecule has 0 saturated carbocycles. The van der Waals surface area contributed by atoms with Crippen LogP contribution in [0.25, 0.3) is 0 Å². The molecule has 126 valence electrons. The smallest absolute Gasteiger partial charge is 0.255 e. The monoisotopic (exact) mass is 329 g/mol. The first-order valence-corrected chi connectivity index (χ1v) is 7.94. The van der Waals surface area contributed by atoms with Gasteiger partial charge in [0.2, 0.25) is 0 Å². The predicted octanol–water partition coefficient (Wildman–Crippen LogP) is 2.42. The van der Waals surface area contributed by atoms with Crippen LogP contribution in [0.15, 0.2) is 23.0 Å². The van der Waals surface area contributed by atoms with Crippen LogP contribution < -0.4 is 16.2 Å². The second-order valence-electron chi connectivity index (χ2n) is 6.09. The van der Waals surface area contributed by atoms with E-state index in [-0.39, 0.29) is 17.2 Å². The molecule has 1 aliphatic carbocycles. The molecule has 0 fully saturated rings. The Bertz CT molecular complexity index is 887. The minimum absolute atomic E-state index is 0.134. The van der Waals surface area contributed by atoms with Crippen LogP contribution in [0.1, 0.15) is 33.5 Å². The summed E-state index contributed by atoms with van der Waals surface area (Å²) in [5.74, 6) is -0.382. The van der Waals surface area contributed by atoms with Gasteiger partial charge >= 0.3 is 0 Å². The molecule has 0 aliphatic heterocycles. The maximum Gasteiger partial charge on any atom is 0.255 e. The van der Waals surface area contributed by atoms with Gasteiger partial charge in [0.25, 0.3) is 11.5 Å². The number of carbonyl (C=O) groups is 1. The van der Waals surface area contributed by atoms with Gasteiger partial charge in [0.1, 0.15) is 11.6 Å². The number of rotatable bonds is 3. The van der Waals surface area contributed by atoms with Gasteiger partial charge in [-0.15, -0.1) is 0 Å². The Kier molecular flexibility index (Phi) is 4.13. The lowest BCUT2D eigenvalue weighted by atomic mass is 10.0. The number of anilines is 2. The average Bonchev–Trinajstić information content (AvgIpc) is 3.03. The van der Waals surface area contributed by atoms with Gasteiger partial charge in [0.15, 0.2) is 0 Å². The lowest BCUT2D eigenvalue weighted by Crippen LogP contribution is -2.30. The van der Waals surface area contributed by atoms with Crippen molar-refractivity contribution in [3.05, 3.63) is 56.6 Å². The first kappa shape index (κ1) is 16.2. The number of nitrogens with zero attached hydrogens (tertiary/aromatic N) is 1. The summed E-state index contributed by atoms with van der Waals surface area (Å²) in [6.45, 7) is 1.80. The summed E-state index contributed by atoms with van der Waals surface area (Å²) in [7, 11) is 3.15. The van der Waals surface area contributed by atoms with E-state index in [4.69, 9.17) is 0 Å². The molecule has 3 rings (SSSR count). The van der Waals surface area contributed by atoms with Crippen LogP contribution in [-0.2, 0) is 19.9 Å². The van der Waals surface area contributed by atoms with Crippen LogP contribution in [0.4, 0.5) is 15.9 Å². The maximum atomic E-state index is 14.2. The topological polar surface area (TPSA) is 63.1 Å². The largest absolute Gasteiger partial charge is 0.355 e. The Morgan fingerprint density at radius 1 is 1.25 bits per heavy atom. The van der Waals surface area contributed by atoms with Crippen LogP contribution in [0.2, 0.25) is 0 Å². The van der Waals surface area contributed by atoms with Crippen molar-refractivity contribution in [2.75, 3.05) is 12.4 Å². The lowest BCUT2D eigenvalue weighted by Gasteiger charge is -2.19. The number of amides is 1. The van der Waals surface area contributed by atoms with E-state index in [9.17, 15) is 14.0 Å². The van der Waals surface area contributed by atoms with Crippen LogP contribution in [0, 0.1) is 12.7 Å². The zero-order valence-electron chi connectivity index (χ0n) is 14.0. The van der Waals surface area contributed by atoms with Crippen molar-refractivity contribution in [2.24, 2.45) is 7.05 Å². The van der Waals surface area contributed by atoms with Crippen molar-refractivity contribution in [2.45, 2.75) is 26.2 Å². The van der Waals surface area contributed by atoms with Crippen molar-refractivity contribution < 1.29 is 9.18 Å². The highest BCUT2D eigenvalue weighted by molar-refractivity contribution is 6.01. The summed E-state index contributed by atoms with van der Waals surface area (Å²) in [4.78, 5) is 25.0. The number of nitrogens with one attached hydrogen (secondary N) is 2. The van der Waals surface area contributed by atoms with E-state index in [1.165, 1.54) is 10.6 Å². The predicted molar refractivity (Wildman–Crippen MR) is 91.5 cm³/mol. The Morgan fingerprint density at radius 3 is 2.62 bits per heavy atom. The number of aryl methyl sites for hydroxylation is 1. The molecule has 2 aromatic rings. The summed E-state index contributed by atoms with van der Waals surface area (Å²) in [6.07, 6.45) is 2.20. The number of aromatic nitrogens is 1. The normalized spacial score (nSPS) is 12.8. The summed E-state index contributed by atoms with van der Waals surface area (Å²) in [5, 5.41) is 5.57. The molecule has 0 atom stereocenters. The second kappa shape index (κ2) is 6.11. The Hall–Kier alpha value is -2.63. The molecule has 24 heavy (non-hydrogen) atoms. The summed E-state index contributed by atoms with van der Waals surface area (Å²) in [6, 6.07) is 4.79. The summed E-state index contributed by atoms with van der Waals surface area (Å²) >= 11 is 0. The standard InChI is InChI=1S/C18H20FN3O2/c1-10-7-8-14(13(19)9-10)21-16-15(17(23)20-2)11-5-4-6-12(11)18(24)22(16)3/h7-9,21H,4-6H2,1-3H3,(H,20,23). The zero-order valence-corrected chi connectivity index (χ0v) is 14.0. The highest BCUT2D eigenvalue weighted by Crippen LogP contribution is 2.30. The van der Waals surface area contributed by atoms with Crippen molar-refractivity contribution in [3.63, 3.8) is 0 Å². The zero-order chi connectivity index (χ0) is 17.4. The Balaban J connectivity index is 2.21. The average molecular weight is 329 g/mol. The van der Waals surface area contributed by atoms with Gasteiger partial charge in [0.05, 0.1) is 11.3 Å². The summed E-state index contributed by atoms with van der Waals surface area (Å²) in [5.41, 5.74) is 2.78. The number of fused-ring (bicyclic) bond motifs is 1. The fourth-order valence-corrected chi connectivity index (χ4v) is 3.24. The van der Waals surface area contributed by atoms with Gasteiger partial charge in [-0.05, 0) is 49.4 Å². The molecule has 2 N–H and O–H groups in total. The number of carbonyl (C=O) groups excluding carboxylic acids is 1. The van der Waals surface area contributed by atoms with Crippen LogP contribution in [-0.4, -0.2) is 17.5 Å². The quantitative estimate of drug-likeness (QED) is 0.909. The molecule has 1 aromatic heterocycles. The fraction of sp³-hybridized carbons (Fsp3) is 0.333. The van der Waals surface area contributed by atoms with Crippen LogP contribution >= 0.6 is 0 Å². The van der Waals surface area contributed by atoms with Gasteiger partial charge in [-0.2, -0.15) is 0 Å². The first-order chi connectivity index (χ1) is 11.4. The van der Waals surface area contributed by atoms with Crippen molar-refractivity contribution >= 4 is 17.4 Å². The molecular formula is C18H20FN3O2. The molecule has 0 radical (unpaired) electrons. The molecule has 0 unspecified atom stereocenters. The third-order valence-corrected chi connectivity index (χ3v) is 4.49. The molecule has 1 heterocycles. The minimum Gasteiger partial charge on any atom is -0.355 e. The molecule has 0 spiro atoms. The van der Waals surface area contributed by atoms with Gasteiger partial charge in [0, 0.05) is 19.7 Å². The lowest BCUT2D eigenvalue weighted by molar-refractivity contribution is 0.0962. The number of halogens is 1. The SMILES string of the molecule is CNC(=O)c1c2c(c(=O)n(C)c1Nc1ccc(C)cc1F)CCC2. The van der Waals surface area contributed by atoms with Gasteiger partial charge in [-0.25, -0.2) is 4.39 Å². The van der Waals surface area contributed by atoms with E-state index in [0.29, 0.717) is 29.8 Å². The highest BCUT2D eigenvalue weighted by atomic mass is 19.1. The third kappa shape index (κ3) is 2.58. The van der Waals surface area contributed by atoms with Crippen LogP contribution in [0.5, 0.6) is 0 Å². The highest BCUT2D eigenvalue weighted by Gasteiger charge is 2.27. The molecule has 0 saturated heterocycles. The van der Waals surface area contributed by atoms with Crippen LogP contribution in [0.3, 0.4) is 0 Å². The van der Waals surface area contributed by atoms with Crippen molar-refractivity contribution in [1.82, 2.24) is 9.88 Å². The number of pyridine rings is 1. The van der Waals surface area contributed by atoms with Gasteiger partial charge < -0.3 is 10.6 Å². The molecule has 5 nitrogen and oxygen atoms in total. The second-order valence-corrected chi connectivity index (χ2v) is 6.09. The van der Waals surface area contributed by atoms with Crippen molar-refractivity contribution in [3.8, 4) is 0 Å². The van der Waals surface area contributed by atoms with Gasteiger partial charge in [-0.1, -0.05) is 6.07 Å². The Morgan fingerprint density at radius 2 is 1.96 bits per heavy atom. The molecular weight excluding hydrogens is 309 g/mol. The molecule has 6 heteroatoms. The molecule has 1 aromatic carbocycles. The van der Waals surface area contributed by atoms with E-state index in [1.54, 1.807) is 33.2 Å². The molecule has 1 amide bonds. The van der Waals surface area contributed by atoms with E-state index in [2.05, 4.69) is 10.6 Å². The number of hydrogen-bond acceptors (Lipinski definition) is 3. The fourth-order valence-electron chi connectivity index (χ4n) is 3.24. The van der Waals surface area contributed by atoms with E-state index in [0.717, 1.165) is 17.5 Å². The van der Waals surface area contributed by atoms with E-state index < -0.39 is 5.82 Å². The number of benzene rings is 1.